The van der Waals surface area contributed by atoms with Crippen LogP contribution in [-0.4, -0.2) is 28.2 Å². The summed E-state index contributed by atoms with van der Waals surface area (Å²) in [7, 11) is 1.67. The molecule has 0 saturated heterocycles. The van der Waals surface area contributed by atoms with Crippen LogP contribution in [0.3, 0.4) is 0 Å². The molecule has 2 aromatic heterocycles. The molecule has 0 amide bonds. The molecule has 0 unspecified atom stereocenters. The molecule has 108 valence electrons. The number of methoxy groups -OCH3 is 1. The summed E-state index contributed by atoms with van der Waals surface area (Å²) in [5, 5.41) is 4.48. The molecule has 5 heteroatoms. The number of fused-ring (bicyclic) bond motifs is 1. The van der Waals surface area contributed by atoms with Crippen LogP contribution in [0.2, 0.25) is 0 Å². The molecule has 0 atom stereocenters. The van der Waals surface area contributed by atoms with Crippen molar-refractivity contribution in [2.75, 3.05) is 13.7 Å². The maximum Gasteiger partial charge on any atom is 0.145 e. The lowest BCUT2D eigenvalue weighted by Gasteiger charge is -2.08. The Morgan fingerprint density at radius 1 is 1.24 bits per heavy atom. The van der Waals surface area contributed by atoms with E-state index in [0.717, 1.165) is 42.0 Å². The first kappa shape index (κ1) is 13.6. The highest BCUT2D eigenvalue weighted by Gasteiger charge is 2.03. The van der Waals surface area contributed by atoms with Crippen molar-refractivity contribution in [3.8, 4) is 5.75 Å². The molecule has 1 N–H and O–H groups in total. The molecule has 3 aromatic rings. The first-order valence-electron chi connectivity index (χ1n) is 6.96. The fourth-order valence-electron chi connectivity index (χ4n) is 2.27. The molecule has 0 bridgehead atoms. The van der Waals surface area contributed by atoms with Crippen LogP contribution in [0.5, 0.6) is 5.75 Å². The topological polar surface area (TPSA) is 52.0 Å². The zero-order valence-corrected chi connectivity index (χ0v) is 12.0. The van der Waals surface area contributed by atoms with Crippen molar-refractivity contribution < 1.29 is 4.74 Å². The molecule has 21 heavy (non-hydrogen) atoms. The van der Waals surface area contributed by atoms with Crippen LogP contribution in [0.1, 0.15) is 5.69 Å². The number of benzene rings is 1. The Kier molecular flexibility index (Phi) is 4.12. The van der Waals surface area contributed by atoms with Gasteiger partial charge in [-0.2, -0.15) is 0 Å². The molecule has 0 saturated carbocycles. The zero-order valence-electron chi connectivity index (χ0n) is 12.0. The molecule has 0 aliphatic carbocycles. The van der Waals surface area contributed by atoms with Gasteiger partial charge in [0, 0.05) is 37.4 Å². The van der Waals surface area contributed by atoms with Crippen LogP contribution >= 0.6 is 0 Å². The summed E-state index contributed by atoms with van der Waals surface area (Å²) >= 11 is 0. The van der Waals surface area contributed by atoms with E-state index in [-0.39, 0.29) is 0 Å². The van der Waals surface area contributed by atoms with Gasteiger partial charge in [0.15, 0.2) is 0 Å². The lowest BCUT2D eigenvalue weighted by molar-refractivity contribution is 0.418. The Labute approximate surface area is 123 Å². The first-order chi connectivity index (χ1) is 10.4. The molecule has 0 radical (unpaired) electrons. The molecular formula is C16H18N4O. The lowest BCUT2D eigenvalue weighted by atomic mass is 10.2. The van der Waals surface area contributed by atoms with Crippen LogP contribution in [-0.2, 0) is 13.1 Å². The van der Waals surface area contributed by atoms with Gasteiger partial charge in [0.25, 0.3) is 0 Å². The molecule has 0 aliphatic heterocycles. The SMILES string of the molecule is COc1cccc2ccc(CNCCn3ccnc3)nc12. The number of hydrogen-bond donors (Lipinski definition) is 1. The summed E-state index contributed by atoms with van der Waals surface area (Å²) in [6, 6.07) is 10.1. The third kappa shape index (κ3) is 3.20. The summed E-state index contributed by atoms with van der Waals surface area (Å²) in [5.41, 5.74) is 1.92. The first-order valence-corrected chi connectivity index (χ1v) is 6.96. The van der Waals surface area contributed by atoms with Crippen LogP contribution in [0.15, 0.2) is 49.1 Å². The van der Waals surface area contributed by atoms with Crippen LogP contribution in [0, 0.1) is 0 Å². The maximum absolute atomic E-state index is 5.36. The smallest absolute Gasteiger partial charge is 0.145 e. The fraction of sp³-hybridized carbons (Fsp3) is 0.250. The summed E-state index contributed by atoms with van der Waals surface area (Å²) < 4.78 is 7.41. The van der Waals surface area contributed by atoms with E-state index in [1.54, 1.807) is 13.3 Å². The number of ether oxygens (including phenoxy) is 1. The average Bonchev–Trinajstić information content (AvgIpc) is 3.04. The molecule has 2 heterocycles. The Morgan fingerprint density at radius 3 is 3.00 bits per heavy atom. The Morgan fingerprint density at radius 2 is 2.19 bits per heavy atom. The minimum atomic E-state index is 0.739. The van der Waals surface area contributed by atoms with Gasteiger partial charge >= 0.3 is 0 Å². The van der Waals surface area contributed by atoms with Crippen LogP contribution in [0.25, 0.3) is 10.9 Å². The highest BCUT2D eigenvalue weighted by Crippen LogP contribution is 2.23. The van der Waals surface area contributed by atoms with Crippen molar-refractivity contribution in [1.82, 2.24) is 19.9 Å². The molecule has 0 fully saturated rings. The van der Waals surface area contributed by atoms with E-state index in [2.05, 4.69) is 21.4 Å². The molecule has 0 aliphatic rings. The molecule has 3 rings (SSSR count). The number of imidazole rings is 1. The third-order valence-electron chi connectivity index (χ3n) is 3.37. The van der Waals surface area contributed by atoms with Crippen LogP contribution in [0.4, 0.5) is 0 Å². The van der Waals surface area contributed by atoms with Crippen molar-refractivity contribution >= 4 is 10.9 Å². The predicted molar refractivity (Wildman–Crippen MR) is 82.2 cm³/mol. The van der Waals surface area contributed by atoms with Crippen molar-refractivity contribution in [3.63, 3.8) is 0 Å². The van der Waals surface area contributed by atoms with Gasteiger partial charge in [0.1, 0.15) is 11.3 Å². The Balaban J connectivity index is 1.64. The Hall–Kier alpha value is -2.40. The largest absolute Gasteiger partial charge is 0.494 e. The standard InChI is InChI=1S/C16H18N4O/c1-21-15-4-2-3-13-5-6-14(19-16(13)15)11-17-7-9-20-10-8-18-12-20/h2-6,8,10,12,17H,7,9,11H2,1H3. The van der Waals surface area contributed by atoms with E-state index in [1.807, 2.05) is 41.4 Å². The Bertz CT molecular complexity index is 709. The second-order valence-electron chi connectivity index (χ2n) is 4.81. The van der Waals surface area contributed by atoms with Crippen LogP contribution < -0.4 is 10.1 Å². The highest BCUT2D eigenvalue weighted by atomic mass is 16.5. The second kappa shape index (κ2) is 6.37. The van der Waals surface area contributed by atoms with Gasteiger partial charge in [-0.05, 0) is 12.1 Å². The minimum Gasteiger partial charge on any atom is -0.494 e. The zero-order chi connectivity index (χ0) is 14.5. The number of nitrogens with one attached hydrogen (secondary N) is 1. The van der Waals surface area contributed by atoms with Crippen molar-refractivity contribution in [2.45, 2.75) is 13.1 Å². The van der Waals surface area contributed by atoms with Gasteiger partial charge in [0.2, 0.25) is 0 Å². The van der Waals surface area contributed by atoms with E-state index in [4.69, 9.17) is 4.74 Å². The average molecular weight is 282 g/mol. The highest BCUT2D eigenvalue weighted by molar-refractivity contribution is 5.84. The molecule has 1 aromatic carbocycles. The van der Waals surface area contributed by atoms with Gasteiger partial charge in [-0.3, -0.25) is 0 Å². The number of hydrogen-bond acceptors (Lipinski definition) is 4. The molecular weight excluding hydrogens is 264 g/mol. The summed E-state index contributed by atoms with van der Waals surface area (Å²) in [4.78, 5) is 8.70. The van der Waals surface area contributed by atoms with Crippen molar-refractivity contribution in [3.05, 3.63) is 54.7 Å². The van der Waals surface area contributed by atoms with E-state index in [9.17, 15) is 0 Å². The second-order valence-corrected chi connectivity index (χ2v) is 4.81. The van der Waals surface area contributed by atoms with E-state index < -0.39 is 0 Å². The maximum atomic E-state index is 5.36. The van der Waals surface area contributed by atoms with Crippen molar-refractivity contribution in [1.29, 1.82) is 0 Å². The molecule has 0 spiro atoms. The summed E-state index contributed by atoms with van der Waals surface area (Å²) in [6.45, 7) is 2.52. The lowest BCUT2D eigenvalue weighted by Crippen LogP contribution is -2.19. The molecule has 5 nitrogen and oxygen atoms in total. The van der Waals surface area contributed by atoms with Gasteiger partial charge < -0.3 is 14.6 Å². The number of aromatic nitrogens is 3. The summed E-state index contributed by atoms with van der Waals surface area (Å²) in [5.74, 6) is 0.813. The fourth-order valence-corrected chi connectivity index (χ4v) is 2.27. The minimum absolute atomic E-state index is 0.739. The van der Waals surface area contributed by atoms with Crippen molar-refractivity contribution in [2.24, 2.45) is 0 Å². The quantitative estimate of drug-likeness (QED) is 0.704. The predicted octanol–water partition coefficient (Wildman–Crippen LogP) is 2.23. The number of rotatable bonds is 6. The van der Waals surface area contributed by atoms with Gasteiger partial charge in [-0.25, -0.2) is 9.97 Å². The van der Waals surface area contributed by atoms with E-state index in [1.165, 1.54) is 0 Å². The third-order valence-corrected chi connectivity index (χ3v) is 3.37. The van der Waals surface area contributed by atoms with Gasteiger partial charge in [0.05, 0.1) is 19.1 Å². The monoisotopic (exact) mass is 282 g/mol. The normalized spacial score (nSPS) is 10.9. The number of nitrogens with zero attached hydrogens (tertiary/aromatic N) is 3. The number of para-hydroxylation sites is 1. The van der Waals surface area contributed by atoms with E-state index >= 15 is 0 Å². The van der Waals surface area contributed by atoms with E-state index in [0.29, 0.717) is 0 Å². The number of pyridine rings is 1. The van der Waals surface area contributed by atoms with Gasteiger partial charge in [-0.1, -0.05) is 18.2 Å². The van der Waals surface area contributed by atoms with Gasteiger partial charge in [-0.15, -0.1) is 0 Å². The summed E-state index contributed by atoms with van der Waals surface area (Å²) in [6.07, 6.45) is 5.57.